The summed E-state index contributed by atoms with van der Waals surface area (Å²) >= 11 is 1.36. The largest absolute Gasteiger partial charge is 0.508 e. The lowest BCUT2D eigenvalue weighted by Crippen LogP contribution is -2.51. The fourth-order valence-corrected chi connectivity index (χ4v) is 5.20. The molecule has 4 rings (SSSR count). The van der Waals surface area contributed by atoms with Crippen molar-refractivity contribution in [1.29, 1.82) is 0 Å². The van der Waals surface area contributed by atoms with Crippen molar-refractivity contribution in [3.63, 3.8) is 0 Å². The lowest BCUT2D eigenvalue weighted by Gasteiger charge is -2.32. The van der Waals surface area contributed by atoms with Gasteiger partial charge in [-0.1, -0.05) is 72.8 Å². The van der Waals surface area contributed by atoms with Crippen LogP contribution >= 0.6 is 11.8 Å². The molecule has 0 saturated heterocycles. The molecule has 3 amide bonds. The summed E-state index contributed by atoms with van der Waals surface area (Å²) in [4.78, 5) is 46.7. The SMILES string of the molecule is Cc1cc(CC(NC(=O)C(c2ccccc2)N(Cc2ccccc2)C(=O)CSc2ccncc2)C(N)=O)ccc1O. The molecule has 41 heavy (non-hydrogen) atoms. The minimum Gasteiger partial charge on any atom is -0.508 e. The Balaban J connectivity index is 1.65. The van der Waals surface area contributed by atoms with E-state index in [0.717, 1.165) is 16.0 Å². The summed E-state index contributed by atoms with van der Waals surface area (Å²) < 4.78 is 0. The number of pyridine rings is 1. The molecule has 0 saturated carbocycles. The molecule has 0 aliphatic carbocycles. The Bertz CT molecular complexity index is 1470. The number of benzene rings is 3. The summed E-state index contributed by atoms with van der Waals surface area (Å²) in [6.45, 7) is 1.93. The second-order valence-corrected chi connectivity index (χ2v) is 10.6. The number of nitrogens with zero attached hydrogens (tertiary/aromatic N) is 2. The average molecular weight is 569 g/mol. The van der Waals surface area contributed by atoms with Crippen LogP contribution in [-0.2, 0) is 27.3 Å². The standard InChI is InChI=1S/C32H32N4O4S/c1-22-18-24(12-13-28(22)37)19-27(31(33)39)35-32(40)30(25-10-6-3-7-11-25)36(20-23-8-4-2-5-9-23)29(38)21-41-26-14-16-34-17-15-26/h2-18,27,30,37H,19-21H2,1H3,(H2,33,39)(H,35,40). The maximum absolute atomic E-state index is 14.0. The van der Waals surface area contributed by atoms with Crippen LogP contribution in [0.25, 0.3) is 0 Å². The van der Waals surface area contributed by atoms with Gasteiger partial charge in [-0.25, -0.2) is 0 Å². The van der Waals surface area contributed by atoms with E-state index >= 15 is 0 Å². The number of amides is 3. The van der Waals surface area contributed by atoms with Gasteiger partial charge < -0.3 is 21.1 Å². The van der Waals surface area contributed by atoms with E-state index in [4.69, 9.17) is 5.73 Å². The Morgan fingerprint density at radius 2 is 1.59 bits per heavy atom. The minimum absolute atomic E-state index is 0.0967. The van der Waals surface area contributed by atoms with Gasteiger partial charge in [0.25, 0.3) is 0 Å². The van der Waals surface area contributed by atoms with Crippen LogP contribution in [0, 0.1) is 6.92 Å². The van der Waals surface area contributed by atoms with Gasteiger partial charge in [-0.2, -0.15) is 0 Å². The number of aromatic nitrogens is 1. The molecule has 4 aromatic rings. The molecule has 0 spiro atoms. The zero-order valence-electron chi connectivity index (χ0n) is 22.6. The van der Waals surface area contributed by atoms with E-state index in [0.29, 0.717) is 11.1 Å². The Morgan fingerprint density at radius 3 is 2.22 bits per heavy atom. The van der Waals surface area contributed by atoms with E-state index in [9.17, 15) is 19.5 Å². The summed E-state index contributed by atoms with van der Waals surface area (Å²) in [5, 5.41) is 12.7. The third-order valence-corrected chi connectivity index (χ3v) is 7.56. The van der Waals surface area contributed by atoms with Gasteiger partial charge in [0.05, 0.1) is 5.75 Å². The van der Waals surface area contributed by atoms with Crippen LogP contribution in [-0.4, -0.2) is 44.5 Å². The molecule has 3 aromatic carbocycles. The van der Waals surface area contributed by atoms with Gasteiger partial charge in [0.1, 0.15) is 17.8 Å². The highest BCUT2D eigenvalue weighted by Gasteiger charge is 2.33. The first-order valence-corrected chi connectivity index (χ1v) is 14.1. The van der Waals surface area contributed by atoms with E-state index in [-0.39, 0.29) is 30.4 Å². The van der Waals surface area contributed by atoms with Gasteiger partial charge >= 0.3 is 0 Å². The Labute approximate surface area is 243 Å². The highest BCUT2D eigenvalue weighted by atomic mass is 32.2. The number of carbonyl (C=O) groups excluding carboxylic acids is 3. The van der Waals surface area contributed by atoms with Crippen molar-refractivity contribution in [2.75, 3.05) is 5.75 Å². The van der Waals surface area contributed by atoms with Crippen LogP contribution in [0.3, 0.4) is 0 Å². The number of aryl methyl sites for hydroxylation is 1. The van der Waals surface area contributed by atoms with Crippen LogP contribution in [0.4, 0.5) is 0 Å². The molecule has 1 heterocycles. The number of phenols is 1. The van der Waals surface area contributed by atoms with Crippen molar-refractivity contribution in [1.82, 2.24) is 15.2 Å². The van der Waals surface area contributed by atoms with E-state index in [2.05, 4.69) is 10.3 Å². The summed E-state index contributed by atoms with van der Waals surface area (Å²) in [6.07, 6.45) is 3.46. The van der Waals surface area contributed by atoms with Crippen LogP contribution in [0.1, 0.15) is 28.3 Å². The summed E-state index contributed by atoms with van der Waals surface area (Å²) in [5.74, 6) is -1.24. The molecular formula is C32H32N4O4S. The van der Waals surface area contributed by atoms with Gasteiger partial charge in [0, 0.05) is 30.3 Å². The molecule has 2 unspecified atom stereocenters. The molecule has 1 aromatic heterocycles. The maximum Gasteiger partial charge on any atom is 0.248 e. The fraction of sp³-hybridized carbons (Fsp3) is 0.188. The summed E-state index contributed by atoms with van der Waals surface area (Å²) in [6, 6.07) is 25.0. The molecular weight excluding hydrogens is 536 g/mol. The summed E-state index contributed by atoms with van der Waals surface area (Å²) in [5.41, 5.74) is 8.55. The number of phenolic OH excluding ortho intramolecular Hbond substituents is 1. The number of hydrogen-bond donors (Lipinski definition) is 3. The van der Waals surface area contributed by atoms with E-state index in [1.54, 1.807) is 55.7 Å². The molecule has 8 nitrogen and oxygen atoms in total. The van der Waals surface area contributed by atoms with E-state index < -0.39 is 23.9 Å². The van der Waals surface area contributed by atoms with Crippen LogP contribution in [0.15, 0.2) is 108 Å². The van der Waals surface area contributed by atoms with Crippen LogP contribution in [0.2, 0.25) is 0 Å². The molecule has 0 fully saturated rings. The van der Waals surface area contributed by atoms with E-state index in [1.807, 2.05) is 48.5 Å². The molecule has 0 aliphatic heterocycles. The fourth-order valence-electron chi connectivity index (χ4n) is 4.43. The van der Waals surface area contributed by atoms with E-state index in [1.165, 1.54) is 22.7 Å². The molecule has 0 radical (unpaired) electrons. The second kappa shape index (κ2) is 14.1. The Kier molecular flexibility index (Phi) is 10.1. The second-order valence-electron chi connectivity index (χ2n) is 9.58. The van der Waals surface area contributed by atoms with Gasteiger partial charge in [-0.05, 0) is 47.4 Å². The normalized spacial score (nSPS) is 12.2. The highest BCUT2D eigenvalue weighted by Crippen LogP contribution is 2.27. The Morgan fingerprint density at radius 1 is 0.927 bits per heavy atom. The summed E-state index contributed by atoms with van der Waals surface area (Å²) in [7, 11) is 0. The number of primary amides is 1. The van der Waals surface area contributed by atoms with Crippen LogP contribution < -0.4 is 11.1 Å². The van der Waals surface area contributed by atoms with Crippen molar-refractivity contribution < 1.29 is 19.5 Å². The first-order valence-electron chi connectivity index (χ1n) is 13.1. The minimum atomic E-state index is -1.03. The van der Waals surface area contributed by atoms with Gasteiger partial charge in [0.15, 0.2) is 0 Å². The predicted octanol–water partition coefficient (Wildman–Crippen LogP) is 4.17. The third kappa shape index (κ3) is 8.18. The Hall–Kier alpha value is -4.63. The monoisotopic (exact) mass is 568 g/mol. The first-order chi connectivity index (χ1) is 19.8. The smallest absolute Gasteiger partial charge is 0.248 e. The number of thioether (sulfide) groups is 1. The van der Waals surface area contributed by atoms with Crippen molar-refractivity contribution >= 4 is 29.5 Å². The van der Waals surface area contributed by atoms with Gasteiger partial charge in [0.2, 0.25) is 17.7 Å². The molecule has 0 bridgehead atoms. The van der Waals surface area contributed by atoms with Crippen molar-refractivity contribution in [3.8, 4) is 5.75 Å². The lowest BCUT2D eigenvalue weighted by molar-refractivity contribution is -0.140. The molecule has 2 atom stereocenters. The number of carbonyl (C=O) groups is 3. The average Bonchev–Trinajstić information content (AvgIpc) is 2.98. The molecule has 9 heteroatoms. The quantitative estimate of drug-likeness (QED) is 0.220. The molecule has 4 N–H and O–H groups in total. The molecule has 210 valence electrons. The maximum atomic E-state index is 14.0. The molecule has 0 aliphatic rings. The van der Waals surface area contributed by atoms with Crippen molar-refractivity contribution in [2.45, 2.75) is 36.9 Å². The number of rotatable bonds is 12. The zero-order valence-corrected chi connectivity index (χ0v) is 23.5. The number of nitrogens with two attached hydrogens (primary N) is 1. The highest BCUT2D eigenvalue weighted by molar-refractivity contribution is 8.00. The predicted molar refractivity (Wildman–Crippen MR) is 159 cm³/mol. The lowest BCUT2D eigenvalue weighted by atomic mass is 10.00. The van der Waals surface area contributed by atoms with Gasteiger partial charge in [-0.15, -0.1) is 11.8 Å². The number of hydrogen-bond acceptors (Lipinski definition) is 6. The zero-order chi connectivity index (χ0) is 29.2. The van der Waals surface area contributed by atoms with Gasteiger partial charge in [-0.3, -0.25) is 19.4 Å². The topological polar surface area (TPSA) is 126 Å². The van der Waals surface area contributed by atoms with Crippen molar-refractivity contribution in [3.05, 3.63) is 126 Å². The van der Waals surface area contributed by atoms with Crippen LogP contribution in [0.5, 0.6) is 5.75 Å². The number of nitrogens with one attached hydrogen (secondary N) is 1. The third-order valence-electron chi connectivity index (χ3n) is 6.56. The van der Waals surface area contributed by atoms with Crippen molar-refractivity contribution in [2.24, 2.45) is 5.73 Å². The first kappa shape index (κ1) is 29.4. The number of aromatic hydroxyl groups is 1.